The fraction of sp³-hybridized carbons (Fsp3) is 0.115. The van der Waals surface area contributed by atoms with Crippen LogP contribution in [0.5, 0.6) is 0 Å². The van der Waals surface area contributed by atoms with Gasteiger partial charge in [-0.05, 0) is 65.0 Å². The molecule has 1 unspecified atom stereocenters. The van der Waals surface area contributed by atoms with E-state index in [-0.39, 0.29) is 6.54 Å². The van der Waals surface area contributed by atoms with Crippen LogP contribution in [0.2, 0.25) is 5.02 Å². The monoisotopic (exact) mass is 559 g/mol. The zero-order chi connectivity index (χ0) is 28.2. The van der Waals surface area contributed by atoms with Gasteiger partial charge in [0, 0.05) is 52.3 Å². The van der Waals surface area contributed by atoms with Crippen LogP contribution in [0.1, 0.15) is 22.9 Å². The lowest BCUT2D eigenvalue weighted by atomic mass is 9.95. The second-order valence-corrected chi connectivity index (χ2v) is 9.21. The number of amides is 3. The van der Waals surface area contributed by atoms with Gasteiger partial charge in [0.15, 0.2) is 0 Å². The van der Waals surface area contributed by atoms with E-state index in [1.165, 1.54) is 40.3 Å². The zero-order valence-electron chi connectivity index (χ0n) is 20.7. The molecule has 2 aromatic heterocycles. The van der Waals surface area contributed by atoms with Crippen molar-refractivity contribution in [1.29, 1.82) is 0 Å². The third-order valence-electron chi connectivity index (χ3n) is 6.15. The minimum Gasteiger partial charge on any atom is -0.465 e. The summed E-state index contributed by atoms with van der Waals surface area (Å²) >= 11 is 6.19. The van der Waals surface area contributed by atoms with Gasteiger partial charge < -0.3 is 21.1 Å². The Hall–Kier alpha value is -5.30. The van der Waals surface area contributed by atoms with Crippen LogP contribution in [0, 0.1) is 0 Å². The van der Waals surface area contributed by atoms with Gasteiger partial charge >= 0.3 is 6.09 Å². The fourth-order valence-electron chi connectivity index (χ4n) is 4.38. The Morgan fingerprint density at radius 1 is 1.07 bits per heavy atom. The van der Waals surface area contributed by atoms with Crippen molar-refractivity contribution in [1.82, 2.24) is 30.1 Å². The average molecular weight is 560 g/mol. The molecule has 1 aliphatic rings. The normalized spacial score (nSPS) is 14.5. The summed E-state index contributed by atoms with van der Waals surface area (Å²) in [5.74, 6) is -0.900. The van der Waals surface area contributed by atoms with E-state index in [1.807, 2.05) is 0 Å². The number of aromatic nitrogens is 5. The number of nitrogens with two attached hydrogens (primary N) is 1. The number of anilines is 3. The lowest BCUT2D eigenvalue weighted by molar-refractivity contribution is -0.135. The first-order chi connectivity index (χ1) is 19.3. The predicted molar refractivity (Wildman–Crippen MR) is 147 cm³/mol. The van der Waals surface area contributed by atoms with E-state index in [0.29, 0.717) is 51.0 Å². The lowest BCUT2D eigenvalue weighted by Crippen LogP contribution is -2.45. The molecule has 3 amide bonds. The van der Waals surface area contributed by atoms with Crippen LogP contribution in [0.25, 0.3) is 11.8 Å². The van der Waals surface area contributed by atoms with E-state index in [2.05, 4.69) is 31.1 Å². The molecule has 0 saturated carbocycles. The molecule has 1 atom stereocenters. The maximum Gasteiger partial charge on any atom is 0.409 e. The number of carboxylic acid groups (broad SMARTS) is 1. The predicted octanol–water partition coefficient (Wildman–Crippen LogP) is 3.16. The summed E-state index contributed by atoms with van der Waals surface area (Å²) in [5.41, 5.74) is 9.49. The molecule has 0 radical (unpaired) electrons. The van der Waals surface area contributed by atoms with Crippen LogP contribution in [0.4, 0.5) is 21.9 Å². The first kappa shape index (κ1) is 26.3. The number of carbonyl (C=O) groups is 3. The molecule has 14 heteroatoms. The van der Waals surface area contributed by atoms with E-state index in [9.17, 15) is 14.4 Å². The maximum atomic E-state index is 13.6. The summed E-state index contributed by atoms with van der Waals surface area (Å²) in [6, 6.07) is 11.8. The number of benzene rings is 2. The van der Waals surface area contributed by atoms with Gasteiger partial charge in [0.05, 0.1) is 17.6 Å². The molecule has 0 aliphatic carbocycles. The Kier molecular flexibility index (Phi) is 7.37. The Balaban J connectivity index is 1.43. The number of nitrogen functional groups attached to an aromatic ring is 1. The van der Waals surface area contributed by atoms with Crippen molar-refractivity contribution in [3.8, 4) is 5.69 Å². The highest BCUT2D eigenvalue weighted by Gasteiger charge is 2.36. The van der Waals surface area contributed by atoms with Crippen molar-refractivity contribution in [3.05, 3.63) is 89.0 Å². The highest BCUT2D eigenvalue weighted by atomic mass is 35.5. The molecular formula is C26H22ClN9O4. The van der Waals surface area contributed by atoms with Gasteiger partial charge in [-0.15, -0.1) is 5.10 Å². The summed E-state index contributed by atoms with van der Waals surface area (Å²) in [6.45, 7) is 0.238. The van der Waals surface area contributed by atoms with Gasteiger partial charge in [-0.3, -0.25) is 19.9 Å². The summed E-state index contributed by atoms with van der Waals surface area (Å²) < 4.78 is 1.44. The molecule has 4 aromatic rings. The second kappa shape index (κ2) is 11.2. The van der Waals surface area contributed by atoms with Crippen LogP contribution in [-0.2, 0) is 16.0 Å². The van der Waals surface area contributed by atoms with Crippen molar-refractivity contribution >= 4 is 52.6 Å². The van der Waals surface area contributed by atoms with Gasteiger partial charge in [0.1, 0.15) is 12.4 Å². The smallest absolute Gasteiger partial charge is 0.409 e. The van der Waals surface area contributed by atoms with Gasteiger partial charge in [0.25, 0.3) is 5.91 Å². The number of rotatable bonds is 6. The van der Waals surface area contributed by atoms with Crippen molar-refractivity contribution < 1.29 is 19.5 Å². The summed E-state index contributed by atoms with van der Waals surface area (Å²) in [6.07, 6.45) is 5.11. The summed E-state index contributed by atoms with van der Waals surface area (Å²) in [7, 11) is 0. The number of nitrogens with one attached hydrogen (secondary N) is 2. The number of hydrogen-bond acceptors (Lipinski definition) is 8. The Morgan fingerprint density at radius 2 is 1.82 bits per heavy atom. The SMILES string of the molecule is Nc1cnc2c(c1)C(C(=O)Nc1ccc(NC(=O)O)cc1)N(C(=O)C=Cc1cc(Cl)ccc1-n1cnnn1)CC2. The average Bonchev–Trinajstić information content (AvgIpc) is 3.46. The minimum absolute atomic E-state index is 0.238. The summed E-state index contributed by atoms with van der Waals surface area (Å²) in [5, 5.41) is 25.6. The maximum absolute atomic E-state index is 13.6. The first-order valence-electron chi connectivity index (χ1n) is 12.0. The molecule has 0 spiro atoms. The quantitative estimate of drug-likeness (QED) is 0.258. The molecule has 0 bridgehead atoms. The van der Waals surface area contributed by atoms with Crippen molar-refractivity contribution in [2.24, 2.45) is 0 Å². The number of nitrogens with zero attached hydrogens (tertiary/aromatic N) is 6. The molecule has 2 aromatic carbocycles. The van der Waals surface area contributed by atoms with Crippen molar-refractivity contribution in [2.75, 3.05) is 22.9 Å². The Morgan fingerprint density at radius 3 is 2.52 bits per heavy atom. The fourth-order valence-corrected chi connectivity index (χ4v) is 4.56. The number of carbonyl (C=O) groups excluding carboxylic acids is 2. The van der Waals surface area contributed by atoms with Crippen LogP contribution in [0.15, 0.2) is 67.1 Å². The molecule has 40 heavy (non-hydrogen) atoms. The lowest BCUT2D eigenvalue weighted by Gasteiger charge is -2.35. The standard InChI is InChI=1S/C26H22ClN9O4/c27-16-2-7-22(36-14-30-33-34-36)15(11-16)1-8-23(37)35-10-9-21-20(12-17(28)13-29-21)24(35)25(38)31-18-3-5-19(6-4-18)32-26(39)40/h1-8,11-14,24,32H,9-10,28H2,(H,31,38)(H,39,40). The Bertz CT molecular complexity index is 1610. The highest BCUT2D eigenvalue weighted by Crippen LogP contribution is 2.32. The number of fused-ring (bicyclic) bond motifs is 1. The molecule has 13 nitrogen and oxygen atoms in total. The van der Waals surface area contributed by atoms with E-state index >= 15 is 0 Å². The van der Waals surface area contributed by atoms with Crippen LogP contribution in [-0.4, -0.2) is 59.7 Å². The van der Waals surface area contributed by atoms with Crippen LogP contribution in [0.3, 0.4) is 0 Å². The molecular weight excluding hydrogens is 538 g/mol. The van der Waals surface area contributed by atoms with E-state index in [0.717, 1.165) is 0 Å². The van der Waals surface area contributed by atoms with Gasteiger partial charge in [-0.2, -0.15) is 4.68 Å². The molecule has 5 rings (SSSR count). The molecule has 0 saturated heterocycles. The molecule has 1 aliphatic heterocycles. The molecule has 0 fully saturated rings. The molecule has 3 heterocycles. The third-order valence-corrected chi connectivity index (χ3v) is 6.38. The summed E-state index contributed by atoms with van der Waals surface area (Å²) in [4.78, 5) is 43.8. The number of tetrazole rings is 1. The number of halogens is 1. The zero-order valence-corrected chi connectivity index (χ0v) is 21.5. The third kappa shape index (κ3) is 5.73. The number of pyridine rings is 1. The van der Waals surface area contributed by atoms with Crippen molar-refractivity contribution in [2.45, 2.75) is 12.5 Å². The Labute approximate surface area is 232 Å². The number of hydrogen-bond donors (Lipinski definition) is 4. The molecule has 202 valence electrons. The largest absolute Gasteiger partial charge is 0.465 e. The van der Waals surface area contributed by atoms with Gasteiger partial charge in [0.2, 0.25) is 5.91 Å². The van der Waals surface area contributed by atoms with Crippen molar-refractivity contribution in [3.63, 3.8) is 0 Å². The van der Waals surface area contributed by atoms with E-state index < -0.39 is 23.9 Å². The van der Waals surface area contributed by atoms with E-state index in [1.54, 1.807) is 42.5 Å². The minimum atomic E-state index is -1.20. The van der Waals surface area contributed by atoms with Gasteiger partial charge in [-0.1, -0.05) is 11.6 Å². The topological polar surface area (TPSA) is 181 Å². The van der Waals surface area contributed by atoms with Crippen LogP contribution >= 0.6 is 11.6 Å². The highest BCUT2D eigenvalue weighted by molar-refractivity contribution is 6.30. The van der Waals surface area contributed by atoms with Gasteiger partial charge in [-0.25, -0.2) is 4.79 Å². The van der Waals surface area contributed by atoms with Crippen LogP contribution < -0.4 is 16.4 Å². The first-order valence-corrected chi connectivity index (χ1v) is 12.3. The second-order valence-electron chi connectivity index (χ2n) is 8.78. The van der Waals surface area contributed by atoms with E-state index in [4.69, 9.17) is 22.4 Å². The molecule has 5 N–H and O–H groups in total.